The molecule has 5 nitrogen and oxygen atoms in total. The lowest BCUT2D eigenvalue weighted by atomic mass is 10.00. The zero-order valence-electron chi connectivity index (χ0n) is 15.8. The van der Waals surface area contributed by atoms with Gasteiger partial charge >= 0.3 is 0 Å². The van der Waals surface area contributed by atoms with Gasteiger partial charge < -0.3 is 4.90 Å². The summed E-state index contributed by atoms with van der Waals surface area (Å²) in [6.07, 6.45) is 3.44. The number of pyridine rings is 1. The zero-order chi connectivity index (χ0) is 19.6. The standard InChI is InChI=1S/C22H23N3O2S/c1-2-17-7-10-21(11-8-17)28(26,27)24-20-9-12-22(23-15-20)25-14-13-18-5-3-4-6-19(18)16-25/h3-12,15,24H,2,13-14,16H2,1H3. The van der Waals surface area contributed by atoms with Crippen LogP contribution in [0.15, 0.2) is 71.8 Å². The molecule has 2 heterocycles. The third kappa shape index (κ3) is 3.87. The second kappa shape index (κ2) is 7.64. The second-order valence-corrected chi connectivity index (χ2v) is 8.63. The summed E-state index contributed by atoms with van der Waals surface area (Å²) in [5.74, 6) is 0.852. The van der Waals surface area contributed by atoms with Crippen LogP contribution < -0.4 is 9.62 Å². The van der Waals surface area contributed by atoms with Crippen molar-refractivity contribution in [2.24, 2.45) is 0 Å². The first-order valence-corrected chi connectivity index (χ1v) is 10.9. The predicted molar refractivity (Wildman–Crippen MR) is 112 cm³/mol. The fourth-order valence-electron chi connectivity index (χ4n) is 3.44. The molecule has 0 aliphatic carbocycles. The van der Waals surface area contributed by atoms with Crippen LogP contribution in [-0.2, 0) is 29.4 Å². The molecule has 0 spiro atoms. The third-order valence-corrected chi connectivity index (χ3v) is 6.49. The zero-order valence-corrected chi connectivity index (χ0v) is 16.6. The molecule has 0 atom stereocenters. The Morgan fingerprint density at radius 2 is 1.75 bits per heavy atom. The summed E-state index contributed by atoms with van der Waals surface area (Å²) in [6.45, 7) is 3.76. The Balaban J connectivity index is 1.47. The van der Waals surface area contributed by atoms with E-state index in [4.69, 9.17) is 0 Å². The number of nitrogens with one attached hydrogen (secondary N) is 1. The van der Waals surface area contributed by atoms with Crippen LogP contribution in [0.5, 0.6) is 0 Å². The highest BCUT2D eigenvalue weighted by Gasteiger charge is 2.18. The molecule has 1 aliphatic heterocycles. The average Bonchev–Trinajstić information content (AvgIpc) is 2.74. The first-order chi connectivity index (χ1) is 13.5. The van der Waals surface area contributed by atoms with Gasteiger partial charge in [0.15, 0.2) is 0 Å². The van der Waals surface area contributed by atoms with Crippen LogP contribution in [0.3, 0.4) is 0 Å². The molecule has 4 rings (SSSR count). The molecule has 28 heavy (non-hydrogen) atoms. The molecule has 0 radical (unpaired) electrons. The molecule has 1 aromatic heterocycles. The van der Waals surface area contributed by atoms with E-state index in [1.165, 1.54) is 11.1 Å². The first kappa shape index (κ1) is 18.5. The van der Waals surface area contributed by atoms with Crippen molar-refractivity contribution < 1.29 is 8.42 Å². The fraction of sp³-hybridized carbons (Fsp3) is 0.227. The van der Waals surface area contributed by atoms with E-state index >= 15 is 0 Å². The summed E-state index contributed by atoms with van der Waals surface area (Å²) >= 11 is 0. The topological polar surface area (TPSA) is 62.3 Å². The molecule has 2 aromatic carbocycles. The highest BCUT2D eigenvalue weighted by atomic mass is 32.2. The Bertz CT molecular complexity index is 1060. The number of fused-ring (bicyclic) bond motifs is 1. The molecule has 144 valence electrons. The maximum Gasteiger partial charge on any atom is 0.261 e. The van der Waals surface area contributed by atoms with E-state index < -0.39 is 10.0 Å². The highest BCUT2D eigenvalue weighted by molar-refractivity contribution is 7.92. The van der Waals surface area contributed by atoms with Crippen LogP contribution in [0.2, 0.25) is 0 Å². The molecule has 1 aliphatic rings. The van der Waals surface area contributed by atoms with Gasteiger partial charge in [0.1, 0.15) is 5.82 Å². The minimum atomic E-state index is -3.62. The molecule has 0 unspecified atom stereocenters. The Morgan fingerprint density at radius 3 is 2.43 bits per heavy atom. The van der Waals surface area contributed by atoms with E-state index in [9.17, 15) is 8.42 Å². The Labute approximate surface area is 166 Å². The second-order valence-electron chi connectivity index (χ2n) is 6.95. The minimum Gasteiger partial charge on any atom is -0.352 e. The van der Waals surface area contributed by atoms with E-state index in [1.54, 1.807) is 24.4 Å². The number of aromatic nitrogens is 1. The van der Waals surface area contributed by atoms with Crippen molar-refractivity contribution in [1.82, 2.24) is 4.98 Å². The Kier molecular flexibility index (Phi) is 5.05. The molecule has 0 fully saturated rings. The van der Waals surface area contributed by atoms with Crippen molar-refractivity contribution in [2.75, 3.05) is 16.2 Å². The normalized spacial score (nSPS) is 13.8. The lowest BCUT2D eigenvalue weighted by Gasteiger charge is -2.29. The van der Waals surface area contributed by atoms with E-state index in [1.807, 2.05) is 25.1 Å². The van der Waals surface area contributed by atoms with Gasteiger partial charge in [-0.05, 0) is 53.8 Å². The summed E-state index contributed by atoms with van der Waals surface area (Å²) in [6, 6.07) is 19.0. The monoisotopic (exact) mass is 393 g/mol. The van der Waals surface area contributed by atoms with E-state index in [2.05, 4.69) is 38.9 Å². The molecule has 0 saturated heterocycles. The summed E-state index contributed by atoms with van der Waals surface area (Å²) in [5.41, 5.74) is 4.27. The molecule has 0 saturated carbocycles. The molecule has 1 N–H and O–H groups in total. The lowest BCUT2D eigenvalue weighted by molar-refractivity contribution is 0.601. The van der Waals surface area contributed by atoms with Crippen LogP contribution in [0.25, 0.3) is 0 Å². The van der Waals surface area contributed by atoms with Crippen LogP contribution in [0.4, 0.5) is 11.5 Å². The van der Waals surface area contributed by atoms with Gasteiger partial charge in [-0.3, -0.25) is 4.72 Å². The van der Waals surface area contributed by atoms with Crippen LogP contribution in [0.1, 0.15) is 23.6 Å². The summed E-state index contributed by atoms with van der Waals surface area (Å²) in [4.78, 5) is 6.94. The quantitative estimate of drug-likeness (QED) is 0.711. The van der Waals surface area contributed by atoms with Gasteiger partial charge in [0.05, 0.1) is 16.8 Å². The van der Waals surface area contributed by atoms with Gasteiger partial charge in [0.25, 0.3) is 10.0 Å². The summed E-state index contributed by atoms with van der Waals surface area (Å²) < 4.78 is 27.8. The number of rotatable bonds is 5. The van der Waals surface area contributed by atoms with Crippen molar-refractivity contribution in [3.8, 4) is 0 Å². The average molecular weight is 394 g/mol. The number of aryl methyl sites for hydroxylation is 1. The number of hydrogen-bond donors (Lipinski definition) is 1. The van der Waals surface area contributed by atoms with Gasteiger partial charge in [-0.2, -0.15) is 0 Å². The summed E-state index contributed by atoms with van der Waals surface area (Å²) in [7, 11) is -3.62. The summed E-state index contributed by atoms with van der Waals surface area (Å²) in [5, 5.41) is 0. The number of anilines is 2. The molecular formula is C22H23N3O2S. The molecular weight excluding hydrogens is 370 g/mol. The van der Waals surface area contributed by atoms with Gasteiger partial charge in [0, 0.05) is 13.1 Å². The fourth-order valence-corrected chi connectivity index (χ4v) is 4.49. The lowest BCUT2D eigenvalue weighted by Crippen LogP contribution is -2.30. The largest absolute Gasteiger partial charge is 0.352 e. The van der Waals surface area contributed by atoms with Crippen molar-refractivity contribution >= 4 is 21.5 Å². The molecule has 0 amide bonds. The molecule has 0 bridgehead atoms. The number of benzene rings is 2. The van der Waals surface area contributed by atoms with Crippen LogP contribution >= 0.6 is 0 Å². The van der Waals surface area contributed by atoms with Gasteiger partial charge in [0.2, 0.25) is 0 Å². The molecule has 6 heteroatoms. The van der Waals surface area contributed by atoms with Crippen LogP contribution in [0, 0.1) is 0 Å². The highest BCUT2D eigenvalue weighted by Crippen LogP contribution is 2.24. The van der Waals surface area contributed by atoms with E-state index in [0.29, 0.717) is 5.69 Å². The van der Waals surface area contributed by atoms with E-state index in [-0.39, 0.29) is 4.90 Å². The van der Waals surface area contributed by atoms with Crippen molar-refractivity contribution in [3.05, 3.63) is 83.6 Å². The smallest absolute Gasteiger partial charge is 0.261 e. The number of nitrogens with zero attached hydrogens (tertiary/aromatic N) is 2. The van der Waals surface area contributed by atoms with Crippen molar-refractivity contribution in [3.63, 3.8) is 0 Å². The minimum absolute atomic E-state index is 0.251. The van der Waals surface area contributed by atoms with Crippen molar-refractivity contribution in [2.45, 2.75) is 31.2 Å². The Morgan fingerprint density at radius 1 is 1.00 bits per heavy atom. The van der Waals surface area contributed by atoms with Gasteiger partial charge in [-0.25, -0.2) is 13.4 Å². The number of sulfonamides is 1. The SMILES string of the molecule is CCc1ccc(S(=O)(=O)Nc2ccc(N3CCc4ccccc4C3)nc2)cc1. The van der Waals surface area contributed by atoms with Crippen LogP contribution in [-0.4, -0.2) is 19.9 Å². The van der Waals surface area contributed by atoms with Gasteiger partial charge in [-0.15, -0.1) is 0 Å². The predicted octanol–water partition coefficient (Wildman–Crippen LogP) is 4.01. The number of hydrogen-bond acceptors (Lipinski definition) is 4. The van der Waals surface area contributed by atoms with Crippen molar-refractivity contribution in [1.29, 1.82) is 0 Å². The maximum absolute atomic E-state index is 12.6. The Hall–Kier alpha value is -2.86. The maximum atomic E-state index is 12.6. The first-order valence-electron chi connectivity index (χ1n) is 9.45. The third-order valence-electron chi connectivity index (χ3n) is 5.10. The van der Waals surface area contributed by atoms with Gasteiger partial charge in [-0.1, -0.05) is 43.3 Å². The van der Waals surface area contributed by atoms with E-state index in [0.717, 1.165) is 37.3 Å². The molecule has 3 aromatic rings.